The second-order valence-corrected chi connectivity index (χ2v) is 4.56. The van der Waals surface area contributed by atoms with Gasteiger partial charge in [0.2, 0.25) is 0 Å². The van der Waals surface area contributed by atoms with Crippen molar-refractivity contribution in [3.05, 3.63) is 12.3 Å². The molecule has 17 heavy (non-hydrogen) atoms. The second kappa shape index (κ2) is 15.5. The molecule has 0 aromatic heterocycles. The van der Waals surface area contributed by atoms with Crippen LogP contribution in [0.15, 0.2) is 12.3 Å². The Kier molecular flexibility index (Phi) is 15.0. The molecule has 0 aliphatic rings. The maximum atomic E-state index is 5.06. The molecular weight excluding hydrogens is 212 g/mol. The lowest BCUT2D eigenvalue weighted by Crippen LogP contribution is -1.87. The first-order valence-electron chi connectivity index (χ1n) is 7.17. The van der Waals surface area contributed by atoms with Crippen LogP contribution in [0.1, 0.15) is 71.1 Å². The molecule has 0 unspecified atom stereocenters. The Labute approximate surface area is 107 Å². The van der Waals surface area contributed by atoms with Crippen molar-refractivity contribution in [1.82, 2.24) is 0 Å². The number of hydrogen-bond acceptors (Lipinski definition) is 2. The van der Waals surface area contributed by atoms with Gasteiger partial charge in [-0.15, -0.1) is 0 Å². The Bertz CT molecular complexity index is 155. The third-order valence-corrected chi connectivity index (χ3v) is 2.85. The molecule has 2 nitrogen and oxygen atoms in total. The number of methoxy groups -OCH3 is 1. The molecule has 0 aliphatic carbocycles. The van der Waals surface area contributed by atoms with Gasteiger partial charge >= 0.3 is 0 Å². The highest BCUT2D eigenvalue weighted by atomic mass is 16.7. The Morgan fingerprint density at radius 2 is 1.41 bits per heavy atom. The number of allylic oxidation sites excluding steroid dienone is 1. The van der Waals surface area contributed by atoms with Crippen molar-refractivity contribution in [3.8, 4) is 0 Å². The topological polar surface area (TPSA) is 18.5 Å². The standard InChI is InChI=1S/C15H30O2/c1-3-4-5-6-7-8-9-10-11-12-13-14-17-15-16-2/h13-14H,3-12,15H2,1-2H3. The monoisotopic (exact) mass is 242 g/mol. The average molecular weight is 242 g/mol. The zero-order valence-corrected chi connectivity index (χ0v) is 11.7. The highest BCUT2D eigenvalue weighted by Gasteiger charge is 1.91. The average Bonchev–Trinajstić information content (AvgIpc) is 2.35. The summed E-state index contributed by atoms with van der Waals surface area (Å²) in [5.41, 5.74) is 0. The summed E-state index contributed by atoms with van der Waals surface area (Å²) in [6.07, 6.45) is 17.4. The van der Waals surface area contributed by atoms with Crippen molar-refractivity contribution >= 4 is 0 Å². The van der Waals surface area contributed by atoms with Gasteiger partial charge in [-0.05, 0) is 18.9 Å². The van der Waals surface area contributed by atoms with E-state index in [1.165, 1.54) is 57.8 Å². The molecule has 2 heteroatoms. The van der Waals surface area contributed by atoms with Gasteiger partial charge in [-0.3, -0.25) is 0 Å². The first kappa shape index (κ1) is 16.5. The minimum absolute atomic E-state index is 0.355. The van der Waals surface area contributed by atoms with Crippen molar-refractivity contribution in [1.29, 1.82) is 0 Å². The molecule has 0 saturated carbocycles. The molecule has 0 radical (unpaired) electrons. The summed E-state index contributed by atoms with van der Waals surface area (Å²) in [6, 6.07) is 0. The van der Waals surface area contributed by atoms with E-state index in [4.69, 9.17) is 9.47 Å². The fraction of sp³-hybridized carbons (Fsp3) is 0.867. The molecule has 0 spiro atoms. The SMILES string of the molecule is CCCCCCCCCCCC=COCOC. The zero-order valence-electron chi connectivity index (χ0n) is 11.7. The Morgan fingerprint density at radius 1 is 0.824 bits per heavy atom. The molecule has 0 amide bonds. The van der Waals surface area contributed by atoms with Crippen LogP contribution >= 0.6 is 0 Å². The molecule has 0 saturated heterocycles. The largest absolute Gasteiger partial charge is 0.476 e. The number of unbranched alkanes of at least 4 members (excludes halogenated alkanes) is 9. The van der Waals surface area contributed by atoms with Crippen LogP contribution in [0.5, 0.6) is 0 Å². The van der Waals surface area contributed by atoms with E-state index >= 15 is 0 Å². The van der Waals surface area contributed by atoms with Gasteiger partial charge in [0.1, 0.15) is 0 Å². The van der Waals surface area contributed by atoms with Gasteiger partial charge in [0.05, 0.1) is 6.26 Å². The first-order chi connectivity index (χ1) is 8.41. The molecule has 0 N–H and O–H groups in total. The smallest absolute Gasteiger partial charge is 0.187 e. The molecule has 0 heterocycles. The van der Waals surface area contributed by atoms with Crippen LogP contribution in [0.2, 0.25) is 0 Å². The molecule has 0 aromatic carbocycles. The third kappa shape index (κ3) is 15.5. The van der Waals surface area contributed by atoms with E-state index in [0.29, 0.717) is 6.79 Å². The summed E-state index contributed by atoms with van der Waals surface area (Å²) in [7, 11) is 1.63. The van der Waals surface area contributed by atoms with Crippen molar-refractivity contribution in [2.75, 3.05) is 13.9 Å². The normalized spacial score (nSPS) is 11.2. The van der Waals surface area contributed by atoms with Crippen LogP contribution in [0.4, 0.5) is 0 Å². The molecule has 0 rings (SSSR count). The van der Waals surface area contributed by atoms with Crippen LogP contribution in [-0.4, -0.2) is 13.9 Å². The lowest BCUT2D eigenvalue weighted by molar-refractivity contribution is 0.0196. The van der Waals surface area contributed by atoms with Gasteiger partial charge in [0.15, 0.2) is 6.79 Å². The molecule has 102 valence electrons. The molecule has 0 atom stereocenters. The van der Waals surface area contributed by atoms with Crippen LogP contribution in [0.25, 0.3) is 0 Å². The fourth-order valence-corrected chi connectivity index (χ4v) is 1.82. The Balaban J connectivity index is 2.96. The summed E-state index contributed by atoms with van der Waals surface area (Å²) < 4.78 is 9.83. The van der Waals surface area contributed by atoms with Gasteiger partial charge in [0, 0.05) is 7.11 Å². The molecule has 0 fully saturated rings. The van der Waals surface area contributed by atoms with E-state index in [9.17, 15) is 0 Å². The zero-order chi connectivity index (χ0) is 12.6. The van der Waals surface area contributed by atoms with E-state index in [1.807, 2.05) is 0 Å². The van der Waals surface area contributed by atoms with E-state index < -0.39 is 0 Å². The minimum Gasteiger partial charge on any atom is -0.476 e. The van der Waals surface area contributed by atoms with Gasteiger partial charge in [-0.1, -0.05) is 58.3 Å². The van der Waals surface area contributed by atoms with E-state index in [2.05, 4.69) is 13.0 Å². The quantitative estimate of drug-likeness (QED) is 0.256. The van der Waals surface area contributed by atoms with Crippen LogP contribution in [0.3, 0.4) is 0 Å². The maximum absolute atomic E-state index is 5.06. The van der Waals surface area contributed by atoms with Crippen molar-refractivity contribution < 1.29 is 9.47 Å². The molecule has 0 aromatic rings. The highest BCUT2D eigenvalue weighted by Crippen LogP contribution is 2.10. The van der Waals surface area contributed by atoms with Gasteiger partial charge in [0.25, 0.3) is 0 Å². The molecule has 0 aliphatic heterocycles. The van der Waals surface area contributed by atoms with E-state index in [0.717, 1.165) is 6.42 Å². The highest BCUT2D eigenvalue weighted by molar-refractivity contribution is 4.72. The van der Waals surface area contributed by atoms with Gasteiger partial charge in [-0.2, -0.15) is 0 Å². The number of rotatable bonds is 13. The van der Waals surface area contributed by atoms with Gasteiger partial charge in [-0.25, -0.2) is 0 Å². The minimum atomic E-state index is 0.355. The van der Waals surface area contributed by atoms with Crippen molar-refractivity contribution in [2.45, 2.75) is 71.1 Å². The Morgan fingerprint density at radius 3 is 2.00 bits per heavy atom. The second-order valence-electron chi connectivity index (χ2n) is 4.56. The Hall–Kier alpha value is -0.500. The van der Waals surface area contributed by atoms with Crippen LogP contribution in [-0.2, 0) is 9.47 Å². The summed E-state index contributed by atoms with van der Waals surface area (Å²) in [6.45, 7) is 2.62. The fourth-order valence-electron chi connectivity index (χ4n) is 1.82. The summed E-state index contributed by atoms with van der Waals surface area (Å²) in [5.74, 6) is 0. The van der Waals surface area contributed by atoms with E-state index in [-0.39, 0.29) is 0 Å². The summed E-state index contributed by atoms with van der Waals surface area (Å²) in [4.78, 5) is 0. The first-order valence-corrected chi connectivity index (χ1v) is 7.17. The van der Waals surface area contributed by atoms with Crippen molar-refractivity contribution in [2.24, 2.45) is 0 Å². The molecular formula is C15H30O2. The van der Waals surface area contributed by atoms with Crippen molar-refractivity contribution in [3.63, 3.8) is 0 Å². The van der Waals surface area contributed by atoms with E-state index in [1.54, 1.807) is 13.4 Å². The number of hydrogen-bond donors (Lipinski definition) is 0. The maximum Gasteiger partial charge on any atom is 0.187 e. The number of ether oxygens (including phenoxy) is 2. The summed E-state index contributed by atoms with van der Waals surface area (Å²) >= 11 is 0. The third-order valence-electron chi connectivity index (χ3n) is 2.85. The van der Waals surface area contributed by atoms with Crippen LogP contribution < -0.4 is 0 Å². The van der Waals surface area contributed by atoms with Crippen LogP contribution in [0, 0.1) is 0 Å². The lowest BCUT2D eigenvalue weighted by atomic mass is 10.1. The molecule has 0 bridgehead atoms. The predicted molar refractivity (Wildman–Crippen MR) is 73.9 cm³/mol. The lowest BCUT2D eigenvalue weighted by Gasteiger charge is -2.00. The predicted octanol–water partition coefficient (Wildman–Crippen LogP) is 5.04. The van der Waals surface area contributed by atoms with Gasteiger partial charge < -0.3 is 9.47 Å². The summed E-state index contributed by atoms with van der Waals surface area (Å²) in [5, 5.41) is 0.